The molecule has 3 rings (SSSR count). The molecule has 0 unspecified atom stereocenters. The van der Waals surface area contributed by atoms with Crippen LogP contribution in [0.15, 0.2) is 30.3 Å². The zero-order valence-electron chi connectivity index (χ0n) is 9.39. The Morgan fingerprint density at radius 1 is 1.38 bits per heavy atom. The fourth-order valence-corrected chi connectivity index (χ4v) is 2.94. The molecule has 0 aliphatic carbocycles. The lowest BCUT2D eigenvalue weighted by atomic mass is 9.95. The Bertz CT molecular complexity index is 367. The first kappa shape index (κ1) is 10.3. The standard InChI is InChI=1S/C13H18N2O/c16-13-9-14-6-12(13)8-15(10-13)7-11-4-2-1-3-5-11/h1-5,12,14,16H,6-10H2/t12-,13-/m0/s1. The molecule has 86 valence electrons. The van der Waals surface area contributed by atoms with Gasteiger partial charge in [-0.05, 0) is 5.56 Å². The minimum atomic E-state index is -0.477. The molecule has 16 heavy (non-hydrogen) atoms. The molecule has 0 saturated carbocycles. The van der Waals surface area contributed by atoms with E-state index in [1.165, 1.54) is 5.56 Å². The molecule has 2 fully saturated rings. The van der Waals surface area contributed by atoms with Crippen molar-refractivity contribution in [2.24, 2.45) is 5.92 Å². The zero-order valence-corrected chi connectivity index (χ0v) is 9.39. The van der Waals surface area contributed by atoms with Crippen LogP contribution in [0.25, 0.3) is 0 Å². The highest BCUT2D eigenvalue weighted by atomic mass is 16.3. The van der Waals surface area contributed by atoms with Gasteiger partial charge in [-0.2, -0.15) is 0 Å². The van der Waals surface area contributed by atoms with Crippen LogP contribution in [0.5, 0.6) is 0 Å². The lowest BCUT2D eigenvalue weighted by Gasteiger charge is -2.21. The molecule has 0 aromatic heterocycles. The van der Waals surface area contributed by atoms with Crippen LogP contribution in [0.3, 0.4) is 0 Å². The van der Waals surface area contributed by atoms with Gasteiger partial charge in [0.25, 0.3) is 0 Å². The van der Waals surface area contributed by atoms with E-state index in [0.29, 0.717) is 5.92 Å². The van der Waals surface area contributed by atoms with Crippen molar-refractivity contribution in [2.75, 3.05) is 26.2 Å². The summed E-state index contributed by atoms with van der Waals surface area (Å²) in [4.78, 5) is 2.36. The topological polar surface area (TPSA) is 35.5 Å². The molecule has 2 N–H and O–H groups in total. The maximum atomic E-state index is 10.4. The minimum Gasteiger partial charge on any atom is -0.387 e. The van der Waals surface area contributed by atoms with Gasteiger partial charge in [0, 0.05) is 38.6 Å². The van der Waals surface area contributed by atoms with Crippen LogP contribution in [0.4, 0.5) is 0 Å². The summed E-state index contributed by atoms with van der Waals surface area (Å²) in [5.74, 6) is 0.413. The third kappa shape index (κ3) is 1.75. The van der Waals surface area contributed by atoms with Gasteiger partial charge in [-0.25, -0.2) is 0 Å². The highest BCUT2D eigenvalue weighted by molar-refractivity contribution is 5.15. The molecular formula is C13H18N2O. The Morgan fingerprint density at radius 2 is 2.19 bits per heavy atom. The van der Waals surface area contributed by atoms with E-state index in [0.717, 1.165) is 32.7 Å². The van der Waals surface area contributed by atoms with E-state index in [1.54, 1.807) is 0 Å². The van der Waals surface area contributed by atoms with Crippen LogP contribution in [0, 0.1) is 5.92 Å². The largest absolute Gasteiger partial charge is 0.387 e. The minimum absolute atomic E-state index is 0.413. The lowest BCUT2D eigenvalue weighted by molar-refractivity contribution is 0.0440. The summed E-state index contributed by atoms with van der Waals surface area (Å²) in [6, 6.07) is 10.5. The molecule has 0 spiro atoms. The second kappa shape index (κ2) is 3.84. The molecule has 2 heterocycles. The maximum absolute atomic E-state index is 10.4. The molecule has 1 aromatic carbocycles. The number of likely N-dealkylation sites (tertiary alicyclic amines) is 1. The first-order valence-electron chi connectivity index (χ1n) is 5.96. The van der Waals surface area contributed by atoms with E-state index in [1.807, 2.05) is 6.07 Å². The van der Waals surface area contributed by atoms with Crippen molar-refractivity contribution in [2.45, 2.75) is 12.1 Å². The summed E-state index contributed by atoms with van der Waals surface area (Å²) >= 11 is 0. The predicted molar refractivity (Wildman–Crippen MR) is 63.0 cm³/mol. The van der Waals surface area contributed by atoms with Gasteiger partial charge >= 0.3 is 0 Å². The van der Waals surface area contributed by atoms with Gasteiger partial charge in [-0.15, -0.1) is 0 Å². The van der Waals surface area contributed by atoms with Gasteiger partial charge in [-0.3, -0.25) is 4.90 Å². The summed E-state index contributed by atoms with van der Waals surface area (Å²) in [5.41, 5.74) is 0.855. The van der Waals surface area contributed by atoms with Crippen LogP contribution in [-0.4, -0.2) is 41.8 Å². The summed E-state index contributed by atoms with van der Waals surface area (Å²) in [5, 5.41) is 13.6. The summed E-state index contributed by atoms with van der Waals surface area (Å²) in [6.07, 6.45) is 0. The fourth-order valence-electron chi connectivity index (χ4n) is 2.94. The Balaban J connectivity index is 1.67. The van der Waals surface area contributed by atoms with Crippen LogP contribution in [0.2, 0.25) is 0 Å². The number of aliphatic hydroxyl groups is 1. The number of hydrogen-bond acceptors (Lipinski definition) is 3. The van der Waals surface area contributed by atoms with Crippen LogP contribution in [0.1, 0.15) is 5.56 Å². The number of nitrogens with zero attached hydrogens (tertiary/aromatic N) is 1. The van der Waals surface area contributed by atoms with E-state index in [2.05, 4.69) is 34.5 Å². The van der Waals surface area contributed by atoms with E-state index in [4.69, 9.17) is 0 Å². The van der Waals surface area contributed by atoms with E-state index in [9.17, 15) is 5.11 Å². The molecular weight excluding hydrogens is 200 g/mol. The van der Waals surface area contributed by atoms with Crippen LogP contribution < -0.4 is 5.32 Å². The molecule has 0 bridgehead atoms. The van der Waals surface area contributed by atoms with Crippen molar-refractivity contribution in [1.82, 2.24) is 10.2 Å². The SMILES string of the molecule is O[C@]12CNC[C@H]1CN(Cc1ccccc1)C2. The second-order valence-electron chi connectivity index (χ2n) is 5.09. The molecule has 2 atom stereocenters. The van der Waals surface area contributed by atoms with E-state index < -0.39 is 5.60 Å². The van der Waals surface area contributed by atoms with Crippen molar-refractivity contribution >= 4 is 0 Å². The molecule has 3 nitrogen and oxygen atoms in total. The average Bonchev–Trinajstić information content (AvgIpc) is 2.74. The van der Waals surface area contributed by atoms with Gasteiger partial charge in [0.1, 0.15) is 0 Å². The highest BCUT2D eigenvalue weighted by Crippen LogP contribution is 2.31. The van der Waals surface area contributed by atoms with E-state index >= 15 is 0 Å². The number of rotatable bonds is 2. The molecule has 2 saturated heterocycles. The van der Waals surface area contributed by atoms with Crippen molar-refractivity contribution in [3.8, 4) is 0 Å². The summed E-state index contributed by atoms with van der Waals surface area (Å²) in [6.45, 7) is 4.49. The molecule has 0 amide bonds. The summed E-state index contributed by atoms with van der Waals surface area (Å²) in [7, 11) is 0. The monoisotopic (exact) mass is 218 g/mol. The van der Waals surface area contributed by atoms with Gasteiger partial charge in [0.15, 0.2) is 0 Å². The molecule has 0 radical (unpaired) electrons. The van der Waals surface area contributed by atoms with Gasteiger partial charge in [0.2, 0.25) is 0 Å². The fraction of sp³-hybridized carbons (Fsp3) is 0.538. The van der Waals surface area contributed by atoms with Gasteiger partial charge < -0.3 is 10.4 Å². The Morgan fingerprint density at radius 3 is 2.94 bits per heavy atom. The van der Waals surface area contributed by atoms with Gasteiger partial charge in [0.05, 0.1) is 5.60 Å². The summed E-state index contributed by atoms with van der Waals surface area (Å²) < 4.78 is 0. The smallest absolute Gasteiger partial charge is 0.0949 e. The lowest BCUT2D eigenvalue weighted by Crippen LogP contribution is -2.39. The normalized spacial score (nSPS) is 34.2. The van der Waals surface area contributed by atoms with Crippen molar-refractivity contribution < 1.29 is 5.11 Å². The maximum Gasteiger partial charge on any atom is 0.0949 e. The molecule has 3 heteroatoms. The number of fused-ring (bicyclic) bond motifs is 1. The van der Waals surface area contributed by atoms with Crippen molar-refractivity contribution in [3.05, 3.63) is 35.9 Å². The van der Waals surface area contributed by atoms with Gasteiger partial charge in [-0.1, -0.05) is 30.3 Å². The van der Waals surface area contributed by atoms with Crippen molar-refractivity contribution in [1.29, 1.82) is 0 Å². The Kier molecular flexibility index (Phi) is 2.46. The first-order chi connectivity index (χ1) is 7.76. The molecule has 2 aliphatic rings. The van der Waals surface area contributed by atoms with Crippen LogP contribution >= 0.6 is 0 Å². The van der Waals surface area contributed by atoms with E-state index in [-0.39, 0.29) is 0 Å². The van der Waals surface area contributed by atoms with Crippen molar-refractivity contribution in [3.63, 3.8) is 0 Å². The zero-order chi connectivity index (χ0) is 11.0. The molecule has 2 aliphatic heterocycles. The first-order valence-corrected chi connectivity index (χ1v) is 5.96. The Labute approximate surface area is 96.1 Å². The number of nitrogens with one attached hydrogen (secondary N) is 1. The predicted octanol–water partition coefficient (Wildman–Crippen LogP) is 0.453. The third-order valence-electron chi connectivity index (χ3n) is 3.81. The highest BCUT2D eigenvalue weighted by Gasteiger charge is 2.47. The second-order valence-corrected chi connectivity index (χ2v) is 5.09. The quantitative estimate of drug-likeness (QED) is 0.756. The average molecular weight is 218 g/mol. The number of benzene rings is 1. The Hall–Kier alpha value is -0.900. The van der Waals surface area contributed by atoms with Crippen LogP contribution in [-0.2, 0) is 6.54 Å². The number of hydrogen-bond donors (Lipinski definition) is 2. The number of β-amino-alcohol motifs (C(OH)–C–C–N with tert-alkyl or cyclic N) is 1. The third-order valence-corrected chi connectivity index (χ3v) is 3.81. The molecule has 1 aromatic rings.